The van der Waals surface area contributed by atoms with Gasteiger partial charge >= 0.3 is 0 Å². The maximum Gasteiger partial charge on any atom is 0.187 e. The van der Waals surface area contributed by atoms with E-state index in [0.717, 1.165) is 13.0 Å². The number of nitrogens with zero attached hydrogens (tertiary/aromatic N) is 2. The van der Waals surface area contributed by atoms with Gasteiger partial charge in [0.25, 0.3) is 0 Å². The second kappa shape index (κ2) is 3.78. The van der Waals surface area contributed by atoms with Crippen LogP contribution in [0.15, 0.2) is 35.5 Å². The highest BCUT2D eigenvalue weighted by atomic mass is 15.2. The van der Waals surface area contributed by atoms with Crippen LogP contribution in [-0.4, -0.2) is 6.54 Å². The third-order valence-electron chi connectivity index (χ3n) is 3.02. The fraction of sp³-hybridized carbons (Fsp3) is 0.308. The second-order valence-electron chi connectivity index (χ2n) is 3.90. The fourth-order valence-corrected chi connectivity index (χ4v) is 1.89. The van der Waals surface area contributed by atoms with Crippen LogP contribution in [0.4, 0.5) is 11.4 Å². The van der Waals surface area contributed by atoms with Crippen molar-refractivity contribution >= 4 is 11.4 Å². The molecule has 0 unspecified atom stereocenters. The predicted octanol–water partition coefficient (Wildman–Crippen LogP) is 3.74. The maximum absolute atomic E-state index is 6.90. The van der Waals surface area contributed by atoms with Crippen LogP contribution in [0.3, 0.4) is 0 Å². The average molecular weight is 198 g/mol. The van der Waals surface area contributed by atoms with E-state index >= 15 is 0 Å². The highest BCUT2D eigenvalue weighted by Crippen LogP contribution is 2.29. The van der Waals surface area contributed by atoms with E-state index in [1.165, 1.54) is 17.0 Å². The summed E-state index contributed by atoms with van der Waals surface area (Å²) in [5, 5.41) is 0. The molecule has 0 bridgehead atoms. The third-order valence-corrected chi connectivity index (χ3v) is 3.02. The Bertz CT molecular complexity index is 435. The lowest BCUT2D eigenvalue weighted by molar-refractivity contribution is 0.959. The summed E-state index contributed by atoms with van der Waals surface area (Å²) in [7, 11) is 0. The topological polar surface area (TPSA) is 7.60 Å². The van der Waals surface area contributed by atoms with Crippen LogP contribution in [0.2, 0.25) is 0 Å². The Hall–Kier alpha value is -1.75. The first-order valence-electron chi connectivity index (χ1n) is 5.14. The number of hydrogen-bond acceptors (Lipinski definition) is 1. The van der Waals surface area contributed by atoms with Gasteiger partial charge in [-0.05, 0) is 32.4 Å². The highest BCUT2D eigenvalue weighted by molar-refractivity contribution is 5.59. The van der Waals surface area contributed by atoms with Gasteiger partial charge in [-0.25, -0.2) is 4.85 Å². The van der Waals surface area contributed by atoms with E-state index in [-0.39, 0.29) is 0 Å². The van der Waals surface area contributed by atoms with Crippen molar-refractivity contribution in [2.24, 2.45) is 0 Å². The lowest BCUT2D eigenvalue weighted by Gasteiger charge is -2.20. The molecule has 0 N–H and O–H groups in total. The maximum atomic E-state index is 6.90. The van der Waals surface area contributed by atoms with E-state index in [1.54, 1.807) is 0 Å². The summed E-state index contributed by atoms with van der Waals surface area (Å²) in [4.78, 5) is 5.70. The second-order valence-corrected chi connectivity index (χ2v) is 3.90. The van der Waals surface area contributed by atoms with Crippen LogP contribution < -0.4 is 4.90 Å². The molecule has 1 aromatic rings. The summed E-state index contributed by atoms with van der Waals surface area (Å²) >= 11 is 0. The van der Waals surface area contributed by atoms with Gasteiger partial charge in [0.05, 0.1) is 6.57 Å². The Morgan fingerprint density at radius 2 is 1.87 bits per heavy atom. The van der Waals surface area contributed by atoms with Crippen LogP contribution in [0.1, 0.15) is 20.3 Å². The predicted molar refractivity (Wildman–Crippen MR) is 63.0 cm³/mol. The van der Waals surface area contributed by atoms with E-state index in [2.05, 4.69) is 23.6 Å². The summed E-state index contributed by atoms with van der Waals surface area (Å²) in [6.45, 7) is 12.3. The zero-order chi connectivity index (χ0) is 10.8. The lowest BCUT2D eigenvalue weighted by atomic mass is 10.2. The highest BCUT2D eigenvalue weighted by Gasteiger charge is 2.16. The standard InChI is InChI=1S/C13H14N2/c1-10-8-9-15(11(10)2)13-6-4-12(14-3)5-7-13/h4-7H,8-9H2,1-2H3. The summed E-state index contributed by atoms with van der Waals surface area (Å²) in [5.41, 5.74) is 4.71. The van der Waals surface area contributed by atoms with Gasteiger partial charge in [-0.1, -0.05) is 17.7 Å². The molecule has 0 aromatic heterocycles. The summed E-state index contributed by atoms with van der Waals surface area (Å²) < 4.78 is 0. The van der Waals surface area contributed by atoms with Crippen molar-refractivity contribution in [3.8, 4) is 0 Å². The summed E-state index contributed by atoms with van der Waals surface area (Å²) in [6.07, 6.45) is 1.15. The van der Waals surface area contributed by atoms with Gasteiger partial charge in [-0.15, -0.1) is 0 Å². The van der Waals surface area contributed by atoms with Gasteiger partial charge in [0.1, 0.15) is 0 Å². The molecule has 1 aromatic carbocycles. The molecule has 0 saturated heterocycles. The lowest BCUT2D eigenvalue weighted by Crippen LogP contribution is -2.16. The molecular formula is C13H14N2. The molecule has 0 radical (unpaired) electrons. The Labute approximate surface area is 90.7 Å². The molecule has 0 fully saturated rings. The number of benzene rings is 1. The van der Waals surface area contributed by atoms with Gasteiger partial charge < -0.3 is 4.90 Å². The molecule has 0 amide bonds. The molecule has 1 aliphatic rings. The van der Waals surface area contributed by atoms with Crippen LogP contribution in [-0.2, 0) is 0 Å². The average Bonchev–Trinajstić information content (AvgIpc) is 2.60. The summed E-state index contributed by atoms with van der Waals surface area (Å²) in [5.74, 6) is 0. The van der Waals surface area contributed by atoms with Crippen LogP contribution in [0.5, 0.6) is 0 Å². The van der Waals surface area contributed by atoms with Crippen LogP contribution in [0.25, 0.3) is 4.85 Å². The van der Waals surface area contributed by atoms with Crippen molar-refractivity contribution < 1.29 is 0 Å². The van der Waals surface area contributed by atoms with E-state index in [1.807, 2.05) is 24.3 Å². The molecule has 2 rings (SSSR count). The van der Waals surface area contributed by atoms with E-state index in [0.29, 0.717) is 5.69 Å². The van der Waals surface area contributed by atoms with Gasteiger partial charge in [0.15, 0.2) is 5.69 Å². The first-order valence-corrected chi connectivity index (χ1v) is 5.14. The van der Waals surface area contributed by atoms with Crippen LogP contribution in [0, 0.1) is 6.57 Å². The molecular weight excluding hydrogens is 184 g/mol. The Morgan fingerprint density at radius 1 is 1.20 bits per heavy atom. The number of anilines is 1. The van der Waals surface area contributed by atoms with Crippen molar-refractivity contribution in [1.82, 2.24) is 0 Å². The first-order chi connectivity index (χ1) is 7.22. The minimum Gasteiger partial charge on any atom is -0.345 e. The van der Waals surface area contributed by atoms with Crippen molar-refractivity contribution in [2.75, 3.05) is 11.4 Å². The van der Waals surface area contributed by atoms with Crippen LogP contribution >= 0.6 is 0 Å². The van der Waals surface area contributed by atoms with Gasteiger partial charge in [-0.2, -0.15) is 0 Å². The molecule has 1 heterocycles. The van der Waals surface area contributed by atoms with Crippen molar-refractivity contribution in [2.45, 2.75) is 20.3 Å². The van der Waals surface area contributed by atoms with E-state index in [4.69, 9.17) is 6.57 Å². The molecule has 2 heteroatoms. The van der Waals surface area contributed by atoms with Gasteiger partial charge in [0, 0.05) is 17.9 Å². The molecule has 0 aliphatic carbocycles. The Kier molecular flexibility index (Phi) is 2.47. The molecule has 0 saturated carbocycles. The van der Waals surface area contributed by atoms with Crippen molar-refractivity contribution in [3.63, 3.8) is 0 Å². The zero-order valence-corrected chi connectivity index (χ0v) is 9.12. The molecule has 2 nitrogen and oxygen atoms in total. The number of allylic oxidation sites excluding steroid dienone is 1. The third kappa shape index (κ3) is 1.73. The van der Waals surface area contributed by atoms with Gasteiger partial charge in [0.2, 0.25) is 0 Å². The largest absolute Gasteiger partial charge is 0.345 e. The monoisotopic (exact) mass is 198 g/mol. The number of hydrogen-bond donors (Lipinski definition) is 0. The smallest absolute Gasteiger partial charge is 0.187 e. The minimum absolute atomic E-state index is 0.705. The van der Waals surface area contributed by atoms with Gasteiger partial charge in [-0.3, -0.25) is 0 Å². The molecule has 76 valence electrons. The SMILES string of the molecule is [C-]#[N+]c1ccc(N2CCC(C)=C2C)cc1. The van der Waals surface area contributed by atoms with Crippen molar-refractivity contribution in [1.29, 1.82) is 0 Å². The molecule has 15 heavy (non-hydrogen) atoms. The fourth-order valence-electron chi connectivity index (χ4n) is 1.89. The van der Waals surface area contributed by atoms with Crippen molar-refractivity contribution in [3.05, 3.63) is 47.0 Å². The normalized spacial score (nSPS) is 15.7. The molecule has 0 atom stereocenters. The Morgan fingerprint density at radius 3 is 2.33 bits per heavy atom. The molecule has 0 spiro atoms. The first kappa shape index (κ1) is 9.79. The van der Waals surface area contributed by atoms with E-state index in [9.17, 15) is 0 Å². The molecule has 1 aliphatic heterocycles. The minimum atomic E-state index is 0.705. The van der Waals surface area contributed by atoms with E-state index < -0.39 is 0 Å². The number of rotatable bonds is 1. The summed E-state index contributed by atoms with van der Waals surface area (Å²) in [6, 6.07) is 7.80. The Balaban J connectivity index is 2.29. The quantitative estimate of drug-likeness (QED) is 0.624. The zero-order valence-electron chi connectivity index (χ0n) is 9.12.